The molecule has 0 fully saturated rings. The Hall–Kier alpha value is -3.04. The van der Waals surface area contributed by atoms with Gasteiger partial charge in [-0.05, 0) is 52.6 Å². The summed E-state index contributed by atoms with van der Waals surface area (Å²) in [5.74, 6) is 0. The van der Waals surface area contributed by atoms with E-state index in [0.717, 1.165) is 6.16 Å². The number of hydrogen-bond donors (Lipinski definition) is 0. The minimum Gasteiger partial charge on any atom is -0.748 e. The quantitative estimate of drug-likeness (QED) is 0.0874. The van der Waals surface area contributed by atoms with Gasteiger partial charge >= 0.3 is 0 Å². The Balaban J connectivity index is 0.000000826. The van der Waals surface area contributed by atoms with E-state index >= 15 is 0 Å². The van der Waals surface area contributed by atoms with Gasteiger partial charge in [-0.1, -0.05) is 170 Å². The molecule has 0 radical (unpaired) electrons. The van der Waals surface area contributed by atoms with E-state index in [4.69, 9.17) is 0 Å². The maximum Gasteiger partial charge on any atom is 0.0162 e. The van der Waals surface area contributed by atoms with Crippen molar-refractivity contribution in [2.45, 2.75) is 77.0 Å². The van der Waals surface area contributed by atoms with Crippen LogP contribution in [0.15, 0.2) is 146 Å². The molecule has 0 aliphatic rings. The van der Waals surface area contributed by atoms with Crippen LogP contribution in [0, 0.1) is 13.8 Å². The van der Waals surface area contributed by atoms with Crippen molar-refractivity contribution < 1.29 is 17.1 Å². The Labute approximate surface area is 311 Å². The molecule has 6 aromatic carbocycles. The molecule has 6 rings (SSSR count). The second-order valence-corrected chi connectivity index (χ2v) is 19.6. The molecule has 260 valence electrons. The van der Waals surface area contributed by atoms with Crippen LogP contribution in [0.5, 0.6) is 0 Å². The average Bonchev–Trinajstić information content (AvgIpc) is 3.76. The fourth-order valence-corrected chi connectivity index (χ4v) is 11.8. The van der Waals surface area contributed by atoms with E-state index in [0.29, 0.717) is 0 Å². The first kappa shape index (κ1) is 38.8. The Morgan fingerprint density at radius 2 is 0.959 bits per heavy atom. The number of aryl methyl sites for hydroxylation is 2. The average molecular weight is 723 g/mol. The molecule has 6 aromatic rings. The molecule has 1 atom stereocenters. The van der Waals surface area contributed by atoms with Gasteiger partial charge in [0.1, 0.15) is 0 Å². The van der Waals surface area contributed by atoms with Crippen molar-refractivity contribution in [2.75, 3.05) is 0 Å². The molecular formula is C46H52FeP2-6. The van der Waals surface area contributed by atoms with Gasteiger partial charge in [0.05, 0.1) is 0 Å². The predicted octanol–water partition coefficient (Wildman–Crippen LogP) is 13.5. The maximum atomic E-state index is 3.40. The van der Waals surface area contributed by atoms with Crippen molar-refractivity contribution in [1.82, 2.24) is 0 Å². The molecule has 1 unspecified atom stereocenters. The molecule has 0 aliphatic carbocycles. The largest absolute Gasteiger partial charge is 0.748 e. The van der Waals surface area contributed by atoms with Crippen molar-refractivity contribution in [3.8, 4) is 22.3 Å². The molecule has 0 amide bonds. The number of rotatable bonds is 7. The van der Waals surface area contributed by atoms with Gasteiger partial charge in [-0.3, -0.25) is 0 Å². The van der Waals surface area contributed by atoms with Gasteiger partial charge in [-0.25, -0.2) is 0 Å². The zero-order valence-electron chi connectivity index (χ0n) is 30.4. The van der Waals surface area contributed by atoms with Crippen LogP contribution in [0.2, 0.25) is 0 Å². The SMILES string of the molecule is Cc1ccccc1C(P)(c1ccccc1C)[c-]1cc(-c2ccccc2)c(-c2ccccc2)c1CP(C(C)(C)C)C(C)(C)C.[Fe].[cH-]1[cH-][cH-][cH-][cH-]1. The molecule has 0 heterocycles. The zero-order valence-corrected chi connectivity index (χ0v) is 33.6. The van der Waals surface area contributed by atoms with Crippen LogP contribution in [0.1, 0.15) is 74.9 Å². The summed E-state index contributed by atoms with van der Waals surface area (Å²) < 4.78 is 0. The van der Waals surface area contributed by atoms with E-state index in [9.17, 15) is 0 Å². The zero-order chi connectivity index (χ0) is 34.5. The molecule has 0 saturated carbocycles. The summed E-state index contributed by atoms with van der Waals surface area (Å²) >= 11 is 0. The molecule has 3 heteroatoms. The second kappa shape index (κ2) is 16.3. The van der Waals surface area contributed by atoms with E-state index < -0.39 is 13.1 Å². The third kappa shape index (κ3) is 8.65. The van der Waals surface area contributed by atoms with Gasteiger partial charge in [0.15, 0.2) is 0 Å². The van der Waals surface area contributed by atoms with Crippen molar-refractivity contribution in [2.24, 2.45) is 0 Å². The molecule has 0 spiro atoms. The normalized spacial score (nSPS) is 11.9. The Morgan fingerprint density at radius 3 is 1.37 bits per heavy atom. The fraction of sp³-hybridized carbons (Fsp3) is 0.261. The van der Waals surface area contributed by atoms with Crippen molar-refractivity contribution >= 4 is 17.2 Å². The van der Waals surface area contributed by atoms with Crippen LogP contribution < -0.4 is 0 Å². The van der Waals surface area contributed by atoms with E-state index in [1.165, 1.54) is 55.6 Å². The topological polar surface area (TPSA) is 0 Å². The van der Waals surface area contributed by atoms with Crippen LogP contribution in [0.25, 0.3) is 22.3 Å². The molecular weight excluding hydrogens is 670 g/mol. The molecule has 0 nitrogen and oxygen atoms in total. The van der Waals surface area contributed by atoms with Crippen molar-refractivity contribution in [3.63, 3.8) is 0 Å². The van der Waals surface area contributed by atoms with Crippen molar-refractivity contribution in [3.05, 3.63) is 179 Å². The molecule has 0 N–H and O–H groups in total. The minimum absolute atomic E-state index is 0. The summed E-state index contributed by atoms with van der Waals surface area (Å²) in [5, 5.41) is -0.0327. The van der Waals surface area contributed by atoms with Gasteiger partial charge in [-0.15, -0.1) is 14.8 Å². The third-order valence-corrected chi connectivity index (χ3v) is 14.2. The van der Waals surface area contributed by atoms with E-state index in [1.54, 1.807) is 0 Å². The summed E-state index contributed by atoms with van der Waals surface area (Å²) in [7, 11) is 3.00. The van der Waals surface area contributed by atoms with Crippen LogP contribution in [0.3, 0.4) is 0 Å². The Bertz CT molecular complexity index is 1810. The first-order valence-electron chi connectivity index (χ1n) is 17.1. The Kier molecular flexibility index (Phi) is 12.9. The van der Waals surface area contributed by atoms with Gasteiger partial charge in [0, 0.05) is 22.2 Å². The van der Waals surface area contributed by atoms with E-state index in [-0.39, 0.29) is 27.4 Å². The van der Waals surface area contributed by atoms with Gasteiger partial charge < -0.3 is 30.3 Å². The van der Waals surface area contributed by atoms with Gasteiger partial charge in [0.2, 0.25) is 0 Å². The number of hydrogen-bond acceptors (Lipinski definition) is 0. The summed E-state index contributed by atoms with van der Waals surface area (Å²) in [5.41, 5.74) is 13.5. The smallest absolute Gasteiger partial charge is 0.0162 e. The van der Waals surface area contributed by atoms with Crippen LogP contribution in [-0.4, -0.2) is 10.3 Å². The molecule has 49 heavy (non-hydrogen) atoms. The Morgan fingerprint density at radius 1 is 0.571 bits per heavy atom. The van der Waals surface area contributed by atoms with Crippen LogP contribution in [-0.2, 0) is 28.4 Å². The molecule has 0 saturated heterocycles. The monoisotopic (exact) mass is 722 g/mol. The third-order valence-electron chi connectivity index (χ3n) is 9.39. The second-order valence-electron chi connectivity index (χ2n) is 14.9. The van der Waals surface area contributed by atoms with Gasteiger partial charge in [0.25, 0.3) is 0 Å². The van der Waals surface area contributed by atoms with Crippen LogP contribution in [0.4, 0.5) is 0 Å². The number of benzene rings is 4. The maximum absolute atomic E-state index is 3.40. The summed E-state index contributed by atoms with van der Waals surface area (Å²) in [6, 6.07) is 52.6. The first-order valence-corrected chi connectivity index (χ1v) is 19.2. The molecule has 0 bridgehead atoms. The molecule has 0 aromatic heterocycles. The fourth-order valence-electron chi connectivity index (χ4n) is 7.32. The summed E-state index contributed by atoms with van der Waals surface area (Å²) in [6.45, 7) is 19.2. The predicted molar refractivity (Wildman–Crippen MR) is 217 cm³/mol. The summed E-state index contributed by atoms with van der Waals surface area (Å²) in [4.78, 5) is 0. The van der Waals surface area contributed by atoms with Crippen LogP contribution >= 0.6 is 17.2 Å². The molecule has 0 aliphatic heterocycles. The minimum atomic E-state index is -0.417. The summed E-state index contributed by atoms with van der Waals surface area (Å²) in [6.07, 6.45) is 1.06. The van der Waals surface area contributed by atoms with E-state index in [2.05, 4.69) is 180 Å². The first-order chi connectivity index (χ1) is 22.8. The standard InChI is InChI=1S/C41H47P2.C5H5.Fe/c1-29-19-15-17-25-35(29)41(42,36-26-18-16-20-30(36)2)37-27-33(31-21-11-9-12-22-31)38(32-23-13-10-14-24-32)34(37)28-43(39(3,4)5)40(6,7)8;1-2-4-5-3-1;/h9-27H,28,42H2,1-8H3;1-5H;/q-1;-5;. The van der Waals surface area contributed by atoms with E-state index in [1.807, 2.05) is 30.3 Å². The van der Waals surface area contributed by atoms with Crippen molar-refractivity contribution in [1.29, 1.82) is 0 Å². The van der Waals surface area contributed by atoms with Gasteiger partial charge in [-0.2, -0.15) is 22.8 Å².